The van der Waals surface area contributed by atoms with E-state index < -0.39 is 396 Å². The standard InChI is InChI=1S/C70H119N5O50/c1-17-37(90)48(101)51(104)66(110-17)108-15-24(89)55(38(91)23(7-76)71-18(2)84)119-64-35(74-21(5)87)47(100)56(30(13-82)116-64)121-68-54(107)59(123-70-60(50(103)42(95)28(11-80)115-70)124-62-33(72-19(3)85)45(98)39(92)25(8-77)111-62)44(97)32(118-68)16-109-69-61(125-63-34(73-20(4)86)46(99)40(93)26(9-78)112-63)53(106)57(31(14-83)117-69)120-65-36(75-22(6)88)58(43(96)29(12-81)113-65)122-67-52(105)49(102)41(94)27(10-79)114-67/h17,23-70,76-83,89-107H,7-16H2,1-6H3,(H,71,84)(H,72,85)(H,73,86)(H,74,87)(H,75,88)/t17-,23-,24+,25+,26+,27+,28+,29+,30+,31+,32+,33+,34+,35+,36+,37+,38+,39+,40+,41-,42+,43+,44+,45+,46+,47+,48+,49-,50-,51-,52+,53-,54-,55+,56+,57+,58+,59-,60-,61-,62-,63-,64-,65-,66+,67-,68-,69-,70+/m0/s1. The monoisotopic (exact) mass is 1830 g/mol. The Morgan fingerprint density at radius 3 is 1.14 bits per heavy atom. The molecule has 724 valence electrons. The summed E-state index contributed by atoms with van der Waals surface area (Å²) in [6.07, 6.45) is -93.9. The van der Waals surface area contributed by atoms with Crippen LogP contribution in [0.2, 0.25) is 0 Å². The topological polar surface area (TPSA) is 858 Å². The fraction of sp³-hybridized carbons (Fsp3) is 0.929. The van der Waals surface area contributed by atoms with E-state index in [-0.39, 0.29) is 0 Å². The van der Waals surface area contributed by atoms with Gasteiger partial charge in [-0.3, -0.25) is 24.0 Å². The second-order valence-corrected chi connectivity index (χ2v) is 31.5. The van der Waals surface area contributed by atoms with Crippen molar-refractivity contribution < 1.29 is 247 Å². The summed E-state index contributed by atoms with van der Waals surface area (Å²) in [4.78, 5) is 64.3. The van der Waals surface area contributed by atoms with Crippen LogP contribution in [0.25, 0.3) is 0 Å². The van der Waals surface area contributed by atoms with Gasteiger partial charge >= 0.3 is 0 Å². The van der Waals surface area contributed by atoms with Crippen LogP contribution >= 0.6 is 0 Å². The van der Waals surface area contributed by atoms with Crippen molar-refractivity contribution in [2.45, 2.75) is 342 Å². The Bertz CT molecular complexity index is 3370. The highest BCUT2D eigenvalue weighted by Crippen LogP contribution is 2.40. The Labute approximate surface area is 709 Å². The number of hydrogen-bond acceptors (Lipinski definition) is 50. The summed E-state index contributed by atoms with van der Waals surface area (Å²) >= 11 is 0. The molecule has 32 N–H and O–H groups in total. The highest BCUT2D eigenvalue weighted by atomic mass is 16.8. The van der Waals surface area contributed by atoms with E-state index in [0.29, 0.717) is 0 Å². The van der Waals surface area contributed by atoms with Crippen LogP contribution in [0, 0.1) is 0 Å². The molecule has 55 heteroatoms. The Morgan fingerprint density at radius 1 is 0.296 bits per heavy atom. The highest BCUT2D eigenvalue weighted by molar-refractivity contribution is 5.75. The predicted octanol–water partition coefficient (Wildman–Crippen LogP) is -21.4. The summed E-state index contributed by atoms with van der Waals surface area (Å²) in [7, 11) is 0. The first kappa shape index (κ1) is 104. The number of hydrogen-bond donors (Lipinski definition) is 32. The van der Waals surface area contributed by atoms with Gasteiger partial charge in [-0.15, -0.1) is 0 Å². The van der Waals surface area contributed by atoms with Crippen LogP contribution in [0.4, 0.5) is 0 Å². The van der Waals surface area contributed by atoms with E-state index in [1.165, 1.54) is 6.92 Å². The first-order valence-corrected chi connectivity index (χ1v) is 39.9. The second kappa shape index (κ2) is 46.3. The maximum atomic E-state index is 13.3. The van der Waals surface area contributed by atoms with Crippen molar-refractivity contribution in [2.24, 2.45) is 0 Å². The number of carbonyl (C=O) groups is 5. The third-order valence-corrected chi connectivity index (χ3v) is 22.5. The lowest BCUT2D eigenvalue weighted by atomic mass is 9.94. The van der Waals surface area contributed by atoms with Crippen LogP contribution in [-0.2, 0) is 109 Å². The number of rotatable bonds is 36. The van der Waals surface area contributed by atoms with E-state index in [9.17, 15) is 162 Å². The zero-order valence-electron chi connectivity index (χ0n) is 67.8. The number of carbonyl (C=O) groups excluding carboxylic acids is 5. The average Bonchev–Trinajstić information content (AvgIpc) is 0.766. The van der Waals surface area contributed by atoms with Crippen molar-refractivity contribution in [3.8, 4) is 0 Å². The van der Waals surface area contributed by atoms with Crippen molar-refractivity contribution in [2.75, 3.05) is 66.1 Å². The first-order chi connectivity index (χ1) is 59.0. The molecule has 0 bridgehead atoms. The molecule has 0 spiro atoms. The van der Waals surface area contributed by atoms with Gasteiger partial charge in [-0.2, -0.15) is 0 Å². The molecule has 0 aliphatic carbocycles. The molecule has 125 heavy (non-hydrogen) atoms. The zero-order chi connectivity index (χ0) is 92.5. The maximum absolute atomic E-state index is 13.3. The summed E-state index contributed by atoms with van der Waals surface area (Å²) in [6, 6.07) is -9.56. The Morgan fingerprint density at radius 2 is 0.648 bits per heavy atom. The molecule has 9 rings (SSSR count). The molecule has 55 nitrogen and oxygen atoms in total. The normalized spacial score (nSPS) is 46.1. The van der Waals surface area contributed by atoms with Crippen LogP contribution < -0.4 is 26.6 Å². The number of aliphatic hydroxyl groups is 27. The molecule has 9 fully saturated rings. The summed E-state index contributed by atoms with van der Waals surface area (Å²) in [5, 5.41) is 315. The van der Waals surface area contributed by atoms with E-state index in [4.69, 9.17) is 85.3 Å². The Balaban J connectivity index is 1.11. The molecular weight excluding hydrogens is 1710 g/mol. The first-order valence-electron chi connectivity index (χ1n) is 39.9. The maximum Gasteiger partial charge on any atom is 0.217 e. The van der Waals surface area contributed by atoms with Crippen molar-refractivity contribution in [1.82, 2.24) is 26.6 Å². The van der Waals surface area contributed by atoms with Crippen LogP contribution in [-0.4, -0.2) is 534 Å². The van der Waals surface area contributed by atoms with Crippen molar-refractivity contribution in [1.29, 1.82) is 0 Å². The summed E-state index contributed by atoms with van der Waals surface area (Å²) in [6.45, 7) is -5.64. The van der Waals surface area contributed by atoms with E-state index in [0.717, 1.165) is 34.6 Å². The van der Waals surface area contributed by atoms with Crippen molar-refractivity contribution >= 4 is 29.5 Å². The molecule has 9 aliphatic heterocycles. The van der Waals surface area contributed by atoms with Gasteiger partial charge in [-0.25, -0.2) is 0 Å². The summed E-state index contributed by atoms with van der Waals surface area (Å²) in [5.74, 6) is -4.74. The lowest BCUT2D eigenvalue weighted by Crippen LogP contribution is -2.71. The van der Waals surface area contributed by atoms with E-state index >= 15 is 0 Å². The molecule has 0 saturated carbocycles. The van der Waals surface area contributed by atoms with Crippen LogP contribution in [0.5, 0.6) is 0 Å². The van der Waals surface area contributed by atoms with Gasteiger partial charge in [0.15, 0.2) is 56.6 Å². The summed E-state index contributed by atoms with van der Waals surface area (Å²) < 4.78 is 108. The molecule has 0 aromatic carbocycles. The van der Waals surface area contributed by atoms with Crippen LogP contribution in [0.15, 0.2) is 0 Å². The van der Waals surface area contributed by atoms with Gasteiger partial charge in [0.1, 0.15) is 232 Å². The minimum atomic E-state index is -2.65. The molecule has 0 radical (unpaired) electrons. The van der Waals surface area contributed by atoms with Gasteiger partial charge in [0, 0.05) is 34.6 Å². The van der Waals surface area contributed by atoms with Gasteiger partial charge < -0.3 is 250 Å². The third kappa shape index (κ3) is 24.1. The molecule has 9 saturated heterocycles. The lowest BCUT2D eigenvalue weighted by Gasteiger charge is -2.51. The van der Waals surface area contributed by atoms with Crippen molar-refractivity contribution in [3.63, 3.8) is 0 Å². The summed E-state index contributed by atoms with van der Waals surface area (Å²) in [5.41, 5.74) is 0. The predicted molar refractivity (Wildman–Crippen MR) is 388 cm³/mol. The van der Waals surface area contributed by atoms with Gasteiger partial charge in [0.25, 0.3) is 0 Å². The van der Waals surface area contributed by atoms with Crippen LogP contribution in [0.1, 0.15) is 41.5 Å². The largest absolute Gasteiger partial charge is 0.394 e. The molecule has 5 amide bonds. The fourth-order valence-corrected chi connectivity index (χ4v) is 15.8. The van der Waals surface area contributed by atoms with E-state index in [1.807, 2.05) is 0 Å². The van der Waals surface area contributed by atoms with Gasteiger partial charge in [0.2, 0.25) is 29.5 Å². The second-order valence-electron chi connectivity index (χ2n) is 31.5. The highest BCUT2D eigenvalue weighted by Gasteiger charge is 2.61. The fourth-order valence-electron chi connectivity index (χ4n) is 15.8. The molecule has 9 aliphatic rings. The zero-order valence-corrected chi connectivity index (χ0v) is 67.8. The minimum Gasteiger partial charge on any atom is -0.394 e. The third-order valence-electron chi connectivity index (χ3n) is 22.5. The Hall–Kier alpha value is -4.45. The lowest BCUT2D eigenvalue weighted by molar-refractivity contribution is -0.398. The quantitative estimate of drug-likeness (QED) is 0.0277. The number of amides is 5. The number of ether oxygens (including phenoxy) is 18. The Kier molecular flexibility index (Phi) is 38.6. The van der Waals surface area contributed by atoms with E-state index in [1.54, 1.807) is 0 Å². The molecule has 0 aromatic rings. The van der Waals surface area contributed by atoms with Gasteiger partial charge in [-0.1, -0.05) is 0 Å². The van der Waals surface area contributed by atoms with Gasteiger partial charge in [-0.05, 0) is 6.92 Å². The van der Waals surface area contributed by atoms with Crippen LogP contribution in [0.3, 0.4) is 0 Å². The molecule has 9 heterocycles. The minimum absolute atomic E-state index is 0.875. The average molecular weight is 1830 g/mol. The SMILES string of the molecule is CC(=O)N[C@H]1[C@H](O[C@@H]([C@H](O)[C@H](CO)NC(C)=O)[C@H](O)CO[C@@H]2O[C@@H](C)[C@@H](O)[C@@H](O)[C@@H]2O)O[C@H](CO)[C@@H](O[C@@H]2O[C@H](CO[C@H]3O[C@H](CO)[C@@H](O[C@@H]4O[C@H](CO)[C@@H](O)[C@H](O[C@@H]5O[C@H](CO)[C@H](O)[C@H](O)[C@H]5O)[C@H]4NC(C)=O)[C@H](O)[C@@H]3O[C@@H]3O[C@H](CO)[C@@H](O)[C@H](O)[C@H]3NC(C)=O)[C@@H](O)[C@H](O[C@H]3O[C@H](CO)[C@@H](O)[C@H](O)[C@@H]3O[C@@H]3O[C@H](CO)[C@@H](O)[C@H](O)[C@H]3NC(C)=O)[C@@H]2O)[C@@H]1O. The molecule has 0 aromatic heterocycles. The van der Waals surface area contributed by atoms with Crippen molar-refractivity contribution in [3.05, 3.63) is 0 Å². The number of nitrogens with one attached hydrogen (secondary N) is 5. The smallest absolute Gasteiger partial charge is 0.217 e. The molecule has 49 atom stereocenters. The van der Waals surface area contributed by atoms with E-state index in [2.05, 4.69) is 26.6 Å². The number of aliphatic hydroxyl groups excluding tert-OH is 27. The molecular formula is C70H119N5O50. The van der Waals surface area contributed by atoms with Gasteiger partial charge in [0.05, 0.1) is 78.2 Å². The molecule has 0 unspecified atom stereocenters.